The molecule has 23 heavy (non-hydrogen) atoms. The Hall–Kier alpha value is -0.900. The zero-order valence-corrected chi connectivity index (χ0v) is 15.3. The van der Waals surface area contributed by atoms with Crippen molar-refractivity contribution in [3.8, 4) is 0 Å². The van der Waals surface area contributed by atoms with Crippen LogP contribution in [0.2, 0.25) is 0 Å². The molecule has 3 atom stereocenters. The summed E-state index contributed by atoms with van der Waals surface area (Å²) >= 11 is 1.99. The normalized spacial score (nSPS) is 26.6. The highest BCUT2D eigenvalue weighted by molar-refractivity contribution is 7.98. The topological polar surface area (TPSA) is 19.0 Å². The Labute approximate surface area is 149 Å². The van der Waals surface area contributed by atoms with E-state index in [9.17, 15) is 0 Å². The third-order valence-electron chi connectivity index (χ3n) is 5.43. The number of likely N-dealkylation sites (tertiary alicyclic amines) is 1. The molecule has 1 aromatic heterocycles. The minimum absolute atomic E-state index is 0. The molecule has 1 aromatic carbocycles. The fourth-order valence-electron chi connectivity index (χ4n) is 4.63. The van der Waals surface area contributed by atoms with Crippen LogP contribution in [0.4, 0.5) is 0 Å². The number of hydrogen-bond donors (Lipinski definition) is 1. The molecule has 0 saturated carbocycles. The second-order valence-electron chi connectivity index (χ2n) is 6.76. The molecule has 0 bridgehead atoms. The molecular weight excluding hydrogens is 324 g/mol. The summed E-state index contributed by atoms with van der Waals surface area (Å²) < 4.78 is 0. The number of H-pyrrole nitrogens is 1. The third kappa shape index (κ3) is 2.84. The van der Waals surface area contributed by atoms with E-state index in [2.05, 4.69) is 53.2 Å². The summed E-state index contributed by atoms with van der Waals surface area (Å²) in [4.78, 5) is 6.15. The van der Waals surface area contributed by atoms with Gasteiger partial charge in [0.25, 0.3) is 0 Å². The van der Waals surface area contributed by atoms with Crippen LogP contribution in [0.5, 0.6) is 0 Å². The Balaban J connectivity index is 0.00000156. The summed E-state index contributed by atoms with van der Waals surface area (Å²) in [6.45, 7) is 6.22. The summed E-state index contributed by atoms with van der Waals surface area (Å²) in [5, 5.41) is 1.51. The average molecular weight is 349 g/mol. The van der Waals surface area contributed by atoms with Crippen LogP contribution in [0, 0.1) is 5.92 Å². The maximum Gasteiger partial charge on any atom is 0.0459 e. The standard InChI is InChI=1S/C19H24N2S.ClH/c1-3-7-21-11-13(12-22-2)8-16-15-5-4-6-17-19(15)14(10-20-17)9-18(16)21;/h3-6,10,13,16,18,20H,1,7-9,11-12H2,2H3;1H/t13-,16?,18-;/m1./s1. The molecule has 1 saturated heterocycles. The van der Waals surface area contributed by atoms with Gasteiger partial charge in [-0.1, -0.05) is 18.2 Å². The van der Waals surface area contributed by atoms with E-state index in [1.54, 1.807) is 5.56 Å². The van der Waals surface area contributed by atoms with Crippen molar-refractivity contribution in [1.29, 1.82) is 0 Å². The van der Waals surface area contributed by atoms with Crippen LogP contribution in [0.3, 0.4) is 0 Å². The van der Waals surface area contributed by atoms with E-state index in [0.717, 1.165) is 12.5 Å². The molecule has 2 aliphatic rings. The lowest BCUT2D eigenvalue weighted by atomic mass is 9.72. The number of hydrogen-bond acceptors (Lipinski definition) is 2. The third-order valence-corrected chi connectivity index (χ3v) is 6.23. The first-order valence-corrected chi connectivity index (χ1v) is 9.64. The number of thioether (sulfide) groups is 1. The molecule has 1 unspecified atom stereocenters. The number of fused-ring (bicyclic) bond motifs is 2. The van der Waals surface area contributed by atoms with E-state index in [4.69, 9.17) is 0 Å². The predicted molar refractivity (Wildman–Crippen MR) is 104 cm³/mol. The summed E-state index contributed by atoms with van der Waals surface area (Å²) in [6.07, 6.45) is 9.05. The number of halogens is 1. The Morgan fingerprint density at radius 3 is 3.09 bits per heavy atom. The van der Waals surface area contributed by atoms with Gasteiger partial charge in [0.15, 0.2) is 0 Å². The molecule has 1 fully saturated rings. The second kappa shape index (κ2) is 6.92. The molecule has 2 nitrogen and oxygen atoms in total. The fourth-order valence-corrected chi connectivity index (χ4v) is 5.34. The van der Waals surface area contributed by atoms with Gasteiger partial charge in [-0.2, -0.15) is 11.8 Å². The van der Waals surface area contributed by atoms with Gasteiger partial charge < -0.3 is 4.98 Å². The van der Waals surface area contributed by atoms with Crippen LogP contribution < -0.4 is 0 Å². The molecule has 0 amide bonds. The molecular formula is C19H25ClN2S. The number of nitrogens with one attached hydrogen (secondary N) is 1. The van der Waals surface area contributed by atoms with Gasteiger partial charge in [0, 0.05) is 42.1 Å². The molecule has 0 spiro atoms. The van der Waals surface area contributed by atoms with Gasteiger partial charge in [-0.15, -0.1) is 19.0 Å². The van der Waals surface area contributed by atoms with E-state index in [0.29, 0.717) is 12.0 Å². The summed E-state index contributed by atoms with van der Waals surface area (Å²) in [7, 11) is 0. The molecule has 4 heteroatoms. The first-order chi connectivity index (χ1) is 10.8. The molecule has 0 radical (unpaired) electrons. The monoisotopic (exact) mass is 348 g/mol. The number of rotatable bonds is 4. The van der Waals surface area contributed by atoms with Crippen LogP contribution in [-0.2, 0) is 6.42 Å². The molecule has 4 rings (SSSR count). The van der Waals surface area contributed by atoms with Crippen molar-refractivity contribution in [2.24, 2.45) is 5.92 Å². The van der Waals surface area contributed by atoms with Gasteiger partial charge >= 0.3 is 0 Å². The predicted octanol–water partition coefficient (Wildman–Crippen LogP) is 4.47. The Bertz CT molecular complexity index is 696. The number of aromatic amines is 1. The van der Waals surface area contributed by atoms with Crippen molar-refractivity contribution >= 4 is 35.1 Å². The Kier molecular flexibility index (Phi) is 5.10. The molecule has 2 aromatic rings. The minimum Gasteiger partial charge on any atom is -0.361 e. The molecule has 1 aliphatic heterocycles. The van der Waals surface area contributed by atoms with E-state index in [1.165, 1.54) is 41.6 Å². The van der Waals surface area contributed by atoms with Crippen molar-refractivity contribution in [2.75, 3.05) is 25.1 Å². The molecule has 1 aliphatic carbocycles. The van der Waals surface area contributed by atoms with Crippen molar-refractivity contribution in [3.05, 3.63) is 48.2 Å². The van der Waals surface area contributed by atoms with E-state index in [1.807, 2.05) is 11.8 Å². The van der Waals surface area contributed by atoms with Crippen LogP contribution in [0.25, 0.3) is 10.9 Å². The van der Waals surface area contributed by atoms with Gasteiger partial charge in [0.05, 0.1) is 0 Å². The Morgan fingerprint density at radius 2 is 2.30 bits per heavy atom. The lowest BCUT2D eigenvalue weighted by Crippen LogP contribution is -2.50. The molecule has 2 heterocycles. The SMILES string of the molecule is C=CCN1C[C@H](CSC)CC2c3cccc4[nH]cc(c34)C[C@H]21.Cl. The van der Waals surface area contributed by atoms with Crippen LogP contribution in [0.15, 0.2) is 37.1 Å². The number of nitrogens with zero attached hydrogens (tertiary/aromatic N) is 1. The molecule has 1 N–H and O–H groups in total. The highest BCUT2D eigenvalue weighted by Gasteiger charge is 2.40. The van der Waals surface area contributed by atoms with Gasteiger partial charge in [0.2, 0.25) is 0 Å². The van der Waals surface area contributed by atoms with Crippen LogP contribution >= 0.6 is 24.2 Å². The molecule has 124 valence electrons. The lowest BCUT2D eigenvalue weighted by Gasteiger charge is -2.47. The minimum atomic E-state index is 0. The van der Waals surface area contributed by atoms with E-state index in [-0.39, 0.29) is 12.4 Å². The number of piperidine rings is 1. The van der Waals surface area contributed by atoms with Crippen LogP contribution in [0.1, 0.15) is 23.5 Å². The zero-order chi connectivity index (χ0) is 15.1. The number of aromatic nitrogens is 1. The summed E-state index contributed by atoms with van der Waals surface area (Å²) in [5.41, 5.74) is 4.39. The maximum atomic E-state index is 3.98. The van der Waals surface area contributed by atoms with Crippen molar-refractivity contribution in [3.63, 3.8) is 0 Å². The Morgan fingerprint density at radius 1 is 1.43 bits per heavy atom. The van der Waals surface area contributed by atoms with Gasteiger partial charge in [-0.3, -0.25) is 4.90 Å². The summed E-state index contributed by atoms with van der Waals surface area (Å²) in [5.74, 6) is 2.75. The van der Waals surface area contributed by atoms with E-state index >= 15 is 0 Å². The van der Waals surface area contributed by atoms with Gasteiger partial charge in [-0.05, 0) is 48.0 Å². The fraction of sp³-hybridized carbons (Fsp3) is 0.474. The van der Waals surface area contributed by atoms with Crippen molar-refractivity contribution < 1.29 is 0 Å². The quantitative estimate of drug-likeness (QED) is 0.822. The van der Waals surface area contributed by atoms with Gasteiger partial charge in [0.1, 0.15) is 0 Å². The highest BCUT2D eigenvalue weighted by Crippen LogP contribution is 2.45. The highest BCUT2D eigenvalue weighted by atomic mass is 35.5. The first-order valence-electron chi connectivity index (χ1n) is 8.24. The second-order valence-corrected chi connectivity index (χ2v) is 7.67. The maximum absolute atomic E-state index is 3.98. The zero-order valence-electron chi connectivity index (χ0n) is 13.6. The van der Waals surface area contributed by atoms with E-state index < -0.39 is 0 Å². The van der Waals surface area contributed by atoms with Gasteiger partial charge in [-0.25, -0.2) is 0 Å². The first kappa shape index (κ1) is 16.9. The van der Waals surface area contributed by atoms with Crippen molar-refractivity contribution in [2.45, 2.75) is 24.8 Å². The smallest absolute Gasteiger partial charge is 0.0459 e. The largest absolute Gasteiger partial charge is 0.361 e. The summed E-state index contributed by atoms with van der Waals surface area (Å²) in [6, 6.07) is 7.44. The average Bonchev–Trinajstić information content (AvgIpc) is 2.94. The lowest BCUT2D eigenvalue weighted by molar-refractivity contribution is 0.105. The van der Waals surface area contributed by atoms with Crippen molar-refractivity contribution in [1.82, 2.24) is 9.88 Å². The number of benzene rings is 1. The van der Waals surface area contributed by atoms with Crippen LogP contribution in [-0.4, -0.2) is 41.0 Å².